The van der Waals surface area contributed by atoms with Crippen LogP contribution in [0.3, 0.4) is 0 Å². The molecule has 0 radical (unpaired) electrons. The molecule has 19 heavy (non-hydrogen) atoms. The lowest BCUT2D eigenvalue weighted by Crippen LogP contribution is -2.21. The SMILES string of the molecule is CCCCCCCCCCCCNCCC(O)O.Cl. The quantitative estimate of drug-likeness (QED) is 0.339. The molecule has 0 atom stereocenters. The van der Waals surface area contributed by atoms with Crippen molar-refractivity contribution in [2.75, 3.05) is 13.1 Å². The Bertz CT molecular complexity index is 157. The Morgan fingerprint density at radius 3 is 1.68 bits per heavy atom. The molecule has 0 aromatic carbocycles. The zero-order chi connectivity index (χ0) is 13.5. The summed E-state index contributed by atoms with van der Waals surface area (Å²) in [5, 5.41) is 20.5. The maximum absolute atomic E-state index is 8.65. The van der Waals surface area contributed by atoms with Gasteiger partial charge in [0.15, 0.2) is 6.29 Å². The van der Waals surface area contributed by atoms with E-state index in [0.717, 1.165) is 6.54 Å². The molecule has 3 N–H and O–H groups in total. The van der Waals surface area contributed by atoms with Crippen LogP contribution in [-0.4, -0.2) is 29.6 Å². The van der Waals surface area contributed by atoms with Gasteiger partial charge in [-0.25, -0.2) is 0 Å². The predicted octanol–water partition coefficient (Wildman–Crippen LogP) is 3.62. The first kappa shape index (κ1) is 21.5. The second-order valence-electron chi connectivity index (χ2n) is 5.20. The van der Waals surface area contributed by atoms with Gasteiger partial charge in [0.1, 0.15) is 0 Å². The number of aliphatic hydroxyl groups excluding tert-OH is 1. The third-order valence-electron chi connectivity index (χ3n) is 3.29. The van der Waals surface area contributed by atoms with Gasteiger partial charge in [-0.15, -0.1) is 12.4 Å². The highest BCUT2D eigenvalue weighted by Crippen LogP contribution is 2.10. The van der Waals surface area contributed by atoms with E-state index < -0.39 is 6.29 Å². The normalized spacial score (nSPS) is 10.7. The van der Waals surface area contributed by atoms with E-state index in [0.29, 0.717) is 13.0 Å². The van der Waals surface area contributed by atoms with Gasteiger partial charge in [0, 0.05) is 6.42 Å². The maximum Gasteiger partial charge on any atom is 0.152 e. The van der Waals surface area contributed by atoms with Gasteiger partial charge < -0.3 is 15.5 Å². The van der Waals surface area contributed by atoms with Crippen LogP contribution in [0.1, 0.15) is 77.6 Å². The van der Waals surface area contributed by atoms with E-state index >= 15 is 0 Å². The van der Waals surface area contributed by atoms with E-state index in [-0.39, 0.29) is 12.4 Å². The third kappa shape index (κ3) is 20.6. The van der Waals surface area contributed by atoms with Gasteiger partial charge in [0.2, 0.25) is 0 Å². The molecule has 0 heterocycles. The van der Waals surface area contributed by atoms with Crippen molar-refractivity contribution in [3.05, 3.63) is 0 Å². The number of hydrogen-bond donors (Lipinski definition) is 3. The minimum Gasteiger partial charge on any atom is -0.368 e. The highest BCUT2D eigenvalue weighted by Gasteiger charge is 1.96. The van der Waals surface area contributed by atoms with E-state index in [1.807, 2.05) is 0 Å². The first-order chi connectivity index (χ1) is 8.77. The number of halogens is 1. The Kier molecular flexibility index (Phi) is 20.5. The molecule has 0 aromatic heterocycles. The Labute approximate surface area is 125 Å². The largest absolute Gasteiger partial charge is 0.368 e. The molecule has 4 heteroatoms. The first-order valence-electron chi connectivity index (χ1n) is 7.84. The fourth-order valence-corrected chi connectivity index (χ4v) is 2.09. The van der Waals surface area contributed by atoms with Crippen molar-refractivity contribution < 1.29 is 10.2 Å². The average molecular weight is 296 g/mol. The van der Waals surface area contributed by atoms with E-state index in [4.69, 9.17) is 10.2 Å². The van der Waals surface area contributed by atoms with Crippen LogP contribution in [0.25, 0.3) is 0 Å². The lowest BCUT2D eigenvalue weighted by molar-refractivity contribution is -0.0443. The predicted molar refractivity (Wildman–Crippen MR) is 84.8 cm³/mol. The van der Waals surface area contributed by atoms with Gasteiger partial charge in [-0.1, -0.05) is 64.7 Å². The average Bonchev–Trinajstić information content (AvgIpc) is 2.34. The van der Waals surface area contributed by atoms with Crippen molar-refractivity contribution in [2.24, 2.45) is 0 Å². The highest BCUT2D eigenvalue weighted by molar-refractivity contribution is 5.85. The van der Waals surface area contributed by atoms with Crippen molar-refractivity contribution in [3.8, 4) is 0 Å². The monoisotopic (exact) mass is 295 g/mol. The van der Waals surface area contributed by atoms with E-state index in [9.17, 15) is 0 Å². The molecule has 0 spiro atoms. The number of nitrogens with one attached hydrogen (secondary N) is 1. The molecule has 0 rings (SSSR count). The van der Waals surface area contributed by atoms with Crippen LogP contribution in [0, 0.1) is 0 Å². The molecule has 3 nitrogen and oxygen atoms in total. The standard InChI is InChI=1S/C15H33NO2.ClH/c1-2-3-4-5-6-7-8-9-10-11-13-16-14-12-15(17)18;/h15-18H,2-14H2,1H3;1H. The van der Waals surface area contributed by atoms with Crippen molar-refractivity contribution in [2.45, 2.75) is 83.8 Å². The minimum absolute atomic E-state index is 0. The number of hydrogen-bond acceptors (Lipinski definition) is 3. The van der Waals surface area contributed by atoms with Gasteiger partial charge in [-0.2, -0.15) is 0 Å². The Hall–Kier alpha value is 0.170. The molecule has 0 fully saturated rings. The van der Waals surface area contributed by atoms with Gasteiger partial charge in [0.05, 0.1) is 0 Å². The fourth-order valence-electron chi connectivity index (χ4n) is 2.09. The molecule has 0 amide bonds. The molecule has 0 saturated heterocycles. The van der Waals surface area contributed by atoms with E-state index in [2.05, 4.69) is 12.2 Å². The number of aliphatic hydroxyl groups is 2. The summed E-state index contributed by atoms with van der Waals surface area (Å²) in [6, 6.07) is 0. The van der Waals surface area contributed by atoms with Crippen LogP contribution in [0.5, 0.6) is 0 Å². The molecule has 0 aliphatic heterocycles. The van der Waals surface area contributed by atoms with Crippen LogP contribution >= 0.6 is 12.4 Å². The lowest BCUT2D eigenvalue weighted by Gasteiger charge is -2.06. The highest BCUT2D eigenvalue weighted by atomic mass is 35.5. The van der Waals surface area contributed by atoms with Crippen LogP contribution < -0.4 is 5.32 Å². The number of unbranched alkanes of at least 4 members (excludes halogenated alkanes) is 9. The first-order valence-corrected chi connectivity index (χ1v) is 7.84. The molecule has 0 unspecified atom stereocenters. The van der Waals surface area contributed by atoms with E-state index in [1.54, 1.807) is 0 Å². The van der Waals surface area contributed by atoms with Crippen molar-refractivity contribution in [1.29, 1.82) is 0 Å². The summed E-state index contributed by atoms with van der Waals surface area (Å²) < 4.78 is 0. The summed E-state index contributed by atoms with van der Waals surface area (Å²) in [4.78, 5) is 0. The van der Waals surface area contributed by atoms with Crippen LogP contribution in [-0.2, 0) is 0 Å². The van der Waals surface area contributed by atoms with Crippen molar-refractivity contribution in [1.82, 2.24) is 5.32 Å². The zero-order valence-corrected chi connectivity index (χ0v) is 13.4. The molecule has 0 aromatic rings. The van der Waals surface area contributed by atoms with Crippen LogP contribution in [0.15, 0.2) is 0 Å². The third-order valence-corrected chi connectivity index (χ3v) is 3.29. The summed E-state index contributed by atoms with van der Waals surface area (Å²) in [5.74, 6) is 0. The number of rotatable bonds is 14. The minimum atomic E-state index is -1.16. The summed E-state index contributed by atoms with van der Waals surface area (Å²) in [6.45, 7) is 3.97. The summed E-state index contributed by atoms with van der Waals surface area (Å²) in [5.41, 5.74) is 0. The van der Waals surface area contributed by atoms with Crippen molar-refractivity contribution >= 4 is 12.4 Å². The maximum atomic E-state index is 8.65. The second kappa shape index (κ2) is 18.2. The Balaban J connectivity index is 0. The van der Waals surface area contributed by atoms with Gasteiger partial charge in [0.25, 0.3) is 0 Å². The molecule has 0 saturated carbocycles. The lowest BCUT2D eigenvalue weighted by atomic mass is 10.1. The van der Waals surface area contributed by atoms with Crippen molar-refractivity contribution in [3.63, 3.8) is 0 Å². The smallest absolute Gasteiger partial charge is 0.152 e. The van der Waals surface area contributed by atoms with E-state index in [1.165, 1.54) is 64.2 Å². The van der Waals surface area contributed by atoms with Crippen LogP contribution in [0.4, 0.5) is 0 Å². The summed E-state index contributed by atoms with van der Waals surface area (Å²) in [6.07, 6.45) is 12.9. The molecular formula is C15H34ClNO2. The van der Waals surface area contributed by atoms with Gasteiger partial charge in [-0.05, 0) is 19.5 Å². The molecule has 0 aliphatic carbocycles. The van der Waals surface area contributed by atoms with Gasteiger partial charge in [-0.3, -0.25) is 0 Å². The molecule has 0 aliphatic rings. The Morgan fingerprint density at radius 1 is 0.737 bits per heavy atom. The molecule has 0 bridgehead atoms. The second-order valence-corrected chi connectivity index (χ2v) is 5.20. The fraction of sp³-hybridized carbons (Fsp3) is 1.00. The van der Waals surface area contributed by atoms with Gasteiger partial charge >= 0.3 is 0 Å². The van der Waals surface area contributed by atoms with Crippen LogP contribution in [0.2, 0.25) is 0 Å². The summed E-state index contributed by atoms with van der Waals surface area (Å²) in [7, 11) is 0. The summed E-state index contributed by atoms with van der Waals surface area (Å²) >= 11 is 0. The zero-order valence-electron chi connectivity index (χ0n) is 12.6. The molecule has 118 valence electrons. The Morgan fingerprint density at radius 2 is 1.21 bits per heavy atom. The molecular weight excluding hydrogens is 262 g/mol. The topological polar surface area (TPSA) is 52.5 Å².